The second kappa shape index (κ2) is 3.71. The Balaban J connectivity index is 2.85. The van der Waals surface area contributed by atoms with E-state index in [1.165, 1.54) is 0 Å². The maximum atomic E-state index is 5.15. The van der Waals surface area contributed by atoms with Crippen molar-refractivity contribution in [2.45, 2.75) is 6.61 Å². The standard InChI is InChI=1S/C8H8N2O/c1-2-7-3-8(6-11-9)5-10-4-7/h1,3-5H,6,9H2. The third-order valence-electron chi connectivity index (χ3n) is 1.21. The van der Waals surface area contributed by atoms with Crippen molar-refractivity contribution in [1.29, 1.82) is 0 Å². The topological polar surface area (TPSA) is 48.1 Å². The van der Waals surface area contributed by atoms with Crippen molar-refractivity contribution < 1.29 is 4.84 Å². The molecule has 11 heavy (non-hydrogen) atoms. The van der Waals surface area contributed by atoms with Crippen LogP contribution in [0.25, 0.3) is 0 Å². The zero-order chi connectivity index (χ0) is 8.10. The number of rotatable bonds is 2. The van der Waals surface area contributed by atoms with Gasteiger partial charge in [0.1, 0.15) is 0 Å². The van der Waals surface area contributed by atoms with E-state index >= 15 is 0 Å². The van der Waals surface area contributed by atoms with Crippen LogP contribution in [-0.4, -0.2) is 4.98 Å². The molecule has 3 nitrogen and oxygen atoms in total. The molecule has 3 heteroatoms. The molecular weight excluding hydrogens is 140 g/mol. The summed E-state index contributed by atoms with van der Waals surface area (Å²) in [6, 6.07) is 1.81. The zero-order valence-electron chi connectivity index (χ0n) is 5.95. The molecule has 0 aliphatic heterocycles. The van der Waals surface area contributed by atoms with Gasteiger partial charge in [0.2, 0.25) is 0 Å². The predicted octanol–water partition coefficient (Wildman–Crippen LogP) is 0.453. The Morgan fingerprint density at radius 1 is 1.64 bits per heavy atom. The third-order valence-corrected chi connectivity index (χ3v) is 1.21. The van der Waals surface area contributed by atoms with Crippen molar-refractivity contribution in [3.8, 4) is 12.3 Å². The minimum absolute atomic E-state index is 0.336. The van der Waals surface area contributed by atoms with Crippen molar-refractivity contribution in [1.82, 2.24) is 4.98 Å². The highest BCUT2D eigenvalue weighted by Gasteiger charge is 1.92. The van der Waals surface area contributed by atoms with Gasteiger partial charge in [-0.25, -0.2) is 5.90 Å². The van der Waals surface area contributed by atoms with E-state index in [0.29, 0.717) is 6.61 Å². The van der Waals surface area contributed by atoms with Crippen LogP contribution in [0.2, 0.25) is 0 Å². The minimum atomic E-state index is 0.336. The lowest BCUT2D eigenvalue weighted by molar-refractivity contribution is 0.124. The van der Waals surface area contributed by atoms with Gasteiger partial charge in [0.15, 0.2) is 0 Å². The van der Waals surface area contributed by atoms with Gasteiger partial charge in [0.25, 0.3) is 0 Å². The Morgan fingerprint density at radius 2 is 2.45 bits per heavy atom. The van der Waals surface area contributed by atoms with E-state index in [0.717, 1.165) is 11.1 Å². The summed E-state index contributed by atoms with van der Waals surface area (Å²) in [7, 11) is 0. The first-order valence-electron chi connectivity index (χ1n) is 3.09. The summed E-state index contributed by atoms with van der Waals surface area (Å²) in [5.41, 5.74) is 1.61. The van der Waals surface area contributed by atoms with Gasteiger partial charge in [0, 0.05) is 18.0 Å². The average molecular weight is 148 g/mol. The number of aromatic nitrogens is 1. The lowest BCUT2D eigenvalue weighted by atomic mass is 10.2. The number of hydrogen-bond donors (Lipinski definition) is 1. The van der Waals surface area contributed by atoms with Crippen molar-refractivity contribution in [2.75, 3.05) is 0 Å². The highest BCUT2D eigenvalue weighted by molar-refractivity contribution is 5.31. The molecule has 56 valence electrons. The fraction of sp³-hybridized carbons (Fsp3) is 0.125. The number of nitrogens with two attached hydrogens (primary N) is 1. The fourth-order valence-corrected chi connectivity index (χ4v) is 0.742. The van der Waals surface area contributed by atoms with Crippen molar-refractivity contribution in [2.24, 2.45) is 5.90 Å². The number of terminal acetylenes is 1. The Morgan fingerprint density at radius 3 is 3.09 bits per heavy atom. The van der Waals surface area contributed by atoms with Crippen LogP contribution < -0.4 is 5.90 Å². The van der Waals surface area contributed by atoms with E-state index < -0.39 is 0 Å². The molecule has 1 heterocycles. The molecule has 1 rings (SSSR count). The van der Waals surface area contributed by atoms with Gasteiger partial charge in [-0.3, -0.25) is 9.82 Å². The molecule has 0 radical (unpaired) electrons. The minimum Gasteiger partial charge on any atom is -0.300 e. The Bertz CT molecular complexity index is 278. The smallest absolute Gasteiger partial charge is 0.0945 e. The van der Waals surface area contributed by atoms with Crippen molar-refractivity contribution in [3.05, 3.63) is 29.6 Å². The summed E-state index contributed by atoms with van der Waals surface area (Å²) in [6.45, 7) is 0.336. The summed E-state index contributed by atoms with van der Waals surface area (Å²) < 4.78 is 0. The quantitative estimate of drug-likeness (QED) is 0.489. The molecule has 0 amide bonds. The molecule has 0 saturated carbocycles. The van der Waals surface area contributed by atoms with E-state index in [-0.39, 0.29) is 0 Å². The Hall–Kier alpha value is -1.37. The molecule has 2 N–H and O–H groups in total. The van der Waals surface area contributed by atoms with Crippen LogP contribution in [-0.2, 0) is 11.4 Å². The molecule has 0 aliphatic rings. The second-order valence-corrected chi connectivity index (χ2v) is 2.04. The molecule has 0 aromatic carbocycles. The lowest BCUT2D eigenvalue weighted by Gasteiger charge is -1.97. The summed E-state index contributed by atoms with van der Waals surface area (Å²) in [6.07, 6.45) is 8.42. The first-order valence-corrected chi connectivity index (χ1v) is 3.09. The summed E-state index contributed by atoms with van der Waals surface area (Å²) >= 11 is 0. The molecule has 0 unspecified atom stereocenters. The van der Waals surface area contributed by atoms with Gasteiger partial charge in [-0.05, 0) is 11.6 Å². The van der Waals surface area contributed by atoms with E-state index in [9.17, 15) is 0 Å². The second-order valence-electron chi connectivity index (χ2n) is 2.04. The average Bonchev–Trinajstić information content (AvgIpc) is 2.06. The fourth-order valence-electron chi connectivity index (χ4n) is 0.742. The Kier molecular flexibility index (Phi) is 2.61. The summed E-state index contributed by atoms with van der Waals surface area (Å²) in [4.78, 5) is 8.31. The SMILES string of the molecule is C#Cc1cncc(CON)c1. The highest BCUT2D eigenvalue weighted by atomic mass is 16.6. The van der Waals surface area contributed by atoms with Gasteiger partial charge in [-0.15, -0.1) is 6.42 Å². The predicted molar refractivity (Wildman–Crippen MR) is 41.1 cm³/mol. The van der Waals surface area contributed by atoms with E-state index in [4.69, 9.17) is 12.3 Å². The van der Waals surface area contributed by atoms with Crippen LogP contribution in [0.15, 0.2) is 18.5 Å². The highest BCUT2D eigenvalue weighted by Crippen LogP contribution is 2.01. The van der Waals surface area contributed by atoms with Gasteiger partial charge in [-0.1, -0.05) is 5.92 Å². The first-order chi connectivity index (χ1) is 5.36. The van der Waals surface area contributed by atoms with Gasteiger partial charge in [0.05, 0.1) is 6.61 Å². The van der Waals surface area contributed by atoms with Gasteiger partial charge < -0.3 is 0 Å². The van der Waals surface area contributed by atoms with Crippen LogP contribution in [0.3, 0.4) is 0 Å². The molecule has 0 aliphatic carbocycles. The normalized spacial score (nSPS) is 9.09. The van der Waals surface area contributed by atoms with Crippen LogP contribution in [0.1, 0.15) is 11.1 Å². The molecule has 0 fully saturated rings. The van der Waals surface area contributed by atoms with Crippen LogP contribution in [0, 0.1) is 12.3 Å². The molecular formula is C8H8N2O. The van der Waals surface area contributed by atoms with Crippen LogP contribution >= 0.6 is 0 Å². The molecule has 1 aromatic rings. The summed E-state index contributed by atoms with van der Waals surface area (Å²) in [5.74, 6) is 7.34. The molecule has 1 aromatic heterocycles. The van der Waals surface area contributed by atoms with Gasteiger partial charge in [-0.2, -0.15) is 0 Å². The molecule has 0 atom stereocenters. The van der Waals surface area contributed by atoms with Gasteiger partial charge >= 0.3 is 0 Å². The first kappa shape index (κ1) is 7.73. The van der Waals surface area contributed by atoms with Crippen molar-refractivity contribution in [3.63, 3.8) is 0 Å². The van der Waals surface area contributed by atoms with Crippen molar-refractivity contribution >= 4 is 0 Å². The van der Waals surface area contributed by atoms with E-state index in [2.05, 4.69) is 15.7 Å². The molecule has 0 bridgehead atoms. The van der Waals surface area contributed by atoms with E-state index in [1.807, 2.05) is 0 Å². The summed E-state index contributed by atoms with van der Waals surface area (Å²) in [5, 5.41) is 0. The van der Waals surface area contributed by atoms with E-state index in [1.54, 1.807) is 18.5 Å². The van der Waals surface area contributed by atoms with Crippen LogP contribution in [0.5, 0.6) is 0 Å². The Labute approximate surface area is 65.2 Å². The largest absolute Gasteiger partial charge is 0.300 e. The molecule has 0 spiro atoms. The molecule has 0 saturated heterocycles. The maximum absolute atomic E-state index is 5.15. The number of pyridine rings is 1. The maximum Gasteiger partial charge on any atom is 0.0945 e. The van der Waals surface area contributed by atoms with Crippen LogP contribution in [0.4, 0.5) is 0 Å². The zero-order valence-corrected chi connectivity index (χ0v) is 5.95. The number of hydrogen-bond acceptors (Lipinski definition) is 3. The number of nitrogens with zero attached hydrogens (tertiary/aromatic N) is 1. The lowest BCUT2D eigenvalue weighted by Crippen LogP contribution is -1.99. The third kappa shape index (κ3) is 2.04. The monoisotopic (exact) mass is 148 g/mol.